The van der Waals surface area contributed by atoms with Crippen molar-refractivity contribution in [1.29, 1.82) is 0 Å². The standard InChI is InChI=1S/C15H14ClN5O/c1-20(2)15(22)9-21-8-11(7-18-21)10-5-13-12(17-6-10)3-4-14(16)19-13/h3-8H,9H2,1-2H3. The Morgan fingerprint density at radius 1 is 1.23 bits per heavy atom. The molecule has 3 rings (SSSR count). The van der Waals surface area contributed by atoms with Crippen LogP contribution in [0, 0.1) is 0 Å². The van der Waals surface area contributed by atoms with Crippen LogP contribution >= 0.6 is 11.6 Å². The predicted octanol–water partition coefficient (Wildman–Crippen LogP) is 2.23. The highest BCUT2D eigenvalue weighted by Gasteiger charge is 2.09. The molecule has 1 amide bonds. The molecule has 7 heteroatoms. The first kappa shape index (κ1) is 14.5. The third-order valence-electron chi connectivity index (χ3n) is 3.27. The number of hydrogen-bond donors (Lipinski definition) is 0. The number of carbonyl (C=O) groups excluding carboxylic acids is 1. The number of likely N-dealkylation sites (N-methyl/N-ethyl adjacent to an activating group) is 1. The van der Waals surface area contributed by atoms with Crippen molar-refractivity contribution >= 4 is 28.5 Å². The van der Waals surface area contributed by atoms with E-state index < -0.39 is 0 Å². The summed E-state index contributed by atoms with van der Waals surface area (Å²) in [6.07, 6.45) is 5.28. The lowest BCUT2D eigenvalue weighted by molar-refractivity contribution is -0.129. The summed E-state index contributed by atoms with van der Waals surface area (Å²) in [6.45, 7) is 0.206. The lowest BCUT2D eigenvalue weighted by atomic mass is 10.1. The minimum atomic E-state index is -0.0141. The van der Waals surface area contributed by atoms with Crippen molar-refractivity contribution in [3.8, 4) is 11.1 Å². The maximum Gasteiger partial charge on any atom is 0.243 e. The van der Waals surface area contributed by atoms with E-state index in [4.69, 9.17) is 11.6 Å². The van der Waals surface area contributed by atoms with Crippen molar-refractivity contribution < 1.29 is 4.79 Å². The van der Waals surface area contributed by atoms with Crippen molar-refractivity contribution in [2.24, 2.45) is 0 Å². The van der Waals surface area contributed by atoms with Gasteiger partial charge in [0.1, 0.15) is 11.7 Å². The van der Waals surface area contributed by atoms with E-state index in [1.165, 1.54) is 4.90 Å². The van der Waals surface area contributed by atoms with E-state index in [9.17, 15) is 4.79 Å². The highest BCUT2D eigenvalue weighted by molar-refractivity contribution is 6.29. The summed E-state index contributed by atoms with van der Waals surface area (Å²) in [7, 11) is 3.44. The van der Waals surface area contributed by atoms with Crippen LogP contribution in [0.5, 0.6) is 0 Å². The van der Waals surface area contributed by atoms with Gasteiger partial charge in [-0.25, -0.2) is 4.98 Å². The molecule has 0 radical (unpaired) electrons. The van der Waals surface area contributed by atoms with Gasteiger partial charge in [-0.05, 0) is 18.2 Å². The van der Waals surface area contributed by atoms with E-state index in [1.807, 2.05) is 18.3 Å². The highest BCUT2D eigenvalue weighted by Crippen LogP contribution is 2.22. The molecular weight excluding hydrogens is 302 g/mol. The SMILES string of the molecule is CN(C)C(=O)Cn1cc(-c2cnc3ccc(Cl)nc3c2)cn1. The topological polar surface area (TPSA) is 63.9 Å². The summed E-state index contributed by atoms with van der Waals surface area (Å²) in [6, 6.07) is 5.44. The second-order valence-electron chi connectivity index (χ2n) is 5.11. The molecule has 0 atom stereocenters. The maximum atomic E-state index is 11.7. The number of rotatable bonds is 3. The normalized spacial score (nSPS) is 10.9. The zero-order valence-corrected chi connectivity index (χ0v) is 12.9. The fourth-order valence-corrected chi connectivity index (χ4v) is 2.17. The van der Waals surface area contributed by atoms with Gasteiger partial charge < -0.3 is 4.90 Å². The Morgan fingerprint density at radius 2 is 2.05 bits per heavy atom. The summed E-state index contributed by atoms with van der Waals surface area (Å²) in [5.41, 5.74) is 3.26. The van der Waals surface area contributed by atoms with Gasteiger partial charge in [-0.1, -0.05) is 11.6 Å². The van der Waals surface area contributed by atoms with E-state index in [1.54, 1.807) is 37.2 Å². The van der Waals surface area contributed by atoms with Crippen molar-refractivity contribution in [1.82, 2.24) is 24.6 Å². The van der Waals surface area contributed by atoms with Crippen LogP contribution < -0.4 is 0 Å². The van der Waals surface area contributed by atoms with Crippen LogP contribution in [0.15, 0.2) is 36.8 Å². The molecule has 0 bridgehead atoms. The van der Waals surface area contributed by atoms with Gasteiger partial charge in [0, 0.05) is 37.6 Å². The molecule has 0 aliphatic carbocycles. The zero-order valence-electron chi connectivity index (χ0n) is 12.2. The monoisotopic (exact) mass is 315 g/mol. The highest BCUT2D eigenvalue weighted by atomic mass is 35.5. The quantitative estimate of drug-likeness (QED) is 0.695. The molecule has 0 unspecified atom stereocenters. The first-order valence-electron chi connectivity index (χ1n) is 6.68. The molecule has 0 spiro atoms. The largest absolute Gasteiger partial charge is 0.347 e. The smallest absolute Gasteiger partial charge is 0.243 e. The molecule has 0 aromatic carbocycles. The molecular formula is C15H14ClN5O. The number of amides is 1. The number of nitrogens with zero attached hydrogens (tertiary/aromatic N) is 5. The third kappa shape index (κ3) is 2.92. The van der Waals surface area contributed by atoms with Crippen LogP contribution in [0.25, 0.3) is 22.2 Å². The number of pyridine rings is 2. The second kappa shape index (κ2) is 5.73. The minimum Gasteiger partial charge on any atom is -0.347 e. The molecule has 0 saturated carbocycles. The summed E-state index contributed by atoms with van der Waals surface area (Å²) < 4.78 is 1.60. The van der Waals surface area contributed by atoms with E-state index in [-0.39, 0.29) is 12.5 Å². The van der Waals surface area contributed by atoms with E-state index in [0.29, 0.717) is 5.15 Å². The first-order valence-corrected chi connectivity index (χ1v) is 7.06. The molecule has 6 nitrogen and oxygen atoms in total. The fraction of sp³-hybridized carbons (Fsp3) is 0.200. The van der Waals surface area contributed by atoms with Gasteiger partial charge in [0.15, 0.2) is 0 Å². The van der Waals surface area contributed by atoms with E-state index in [0.717, 1.165) is 22.2 Å². The molecule has 0 N–H and O–H groups in total. The zero-order chi connectivity index (χ0) is 15.7. The van der Waals surface area contributed by atoms with Gasteiger partial charge in [-0.2, -0.15) is 5.10 Å². The Kier molecular flexibility index (Phi) is 3.77. The van der Waals surface area contributed by atoms with E-state index >= 15 is 0 Å². The average Bonchev–Trinajstić information content (AvgIpc) is 2.94. The van der Waals surface area contributed by atoms with E-state index in [2.05, 4.69) is 15.1 Å². The summed E-state index contributed by atoms with van der Waals surface area (Å²) in [5, 5.41) is 4.64. The summed E-state index contributed by atoms with van der Waals surface area (Å²) in [4.78, 5) is 21.8. The molecule has 0 aliphatic rings. The lowest BCUT2D eigenvalue weighted by Crippen LogP contribution is -2.26. The number of aromatic nitrogens is 4. The van der Waals surface area contributed by atoms with Gasteiger partial charge in [0.05, 0.1) is 17.2 Å². The Labute approximate surface area is 132 Å². The number of hydrogen-bond acceptors (Lipinski definition) is 4. The van der Waals surface area contributed by atoms with Gasteiger partial charge in [-0.3, -0.25) is 14.5 Å². The van der Waals surface area contributed by atoms with Crippen LogP contribution in [0.1, 0.15) is 0 Å². The maximum absolute atomic E-state index is 11.7. The number of fused-ring (bicyclic) bond motifs is 1. The molecule has 0 aliphatic heterocycles. The molecule has 0 fully saturated rings. The van der Waals surface area contributed by atoms with Crippen molar-refractivity contribution in [2.45, 2.75) is 6.54 Å². The van der Waals surface area contributed by atoms with Crippen LogP contribution in [-0.4, -0.2) is 44.7 Å². The Bertz CT molecular complexity index is 843. The Morgan fingerprint density at radius 3 is 2.82 bits per heavy atom. The summed E-state index contributed by atoms with van der Waals surface area (Å²) >= 11 is 5.91. The predicted molar refractivity (Wildman–Crippen MR) is 84.5 cm³/mol. The van der Waals surface area contributed by atoms with Gasteiger partial charge in [0.2, 0.25) is 5.91 Å². The Hall–Kier alpha value is -2.47. The molecule has 3 aromatic rings. The Balaban J connectivity index is 1.91. The molecule has 112 valence electrons. The molecule has 0 saturated heterocycles. The molecule has 22 heavy (non-hydrogen) atoms. The van der Waals surface area contributed by atoms with Crippen LogP contribution in [0.3, 0.4) is 0 Å². The first-order chi connectivity index (χ1) is 10.5. The van der Waals surface area contributed by atoms with Crippen molar-refractivity contribution in [2.75, 3.05) is 14.1 Å². The molecule has 3 heterocycles. The lowest BCUT2D eigenvalue weighted by Gasteiger charge is -2.09. The minimum absolute atomic E-state index is 0.0141. The number of carbonyl (C=O) groups is 1. The van der Waals surface area contributed by atoms with Crippen LogP contribution in [0.2, 0.25) is 5.15 Å². The summed E-state index contributed by atoms with van der Waals surface area (Å²) in [5.74, 6) is -0.0141. The van der Waals surface area contributed by atoms with Gasteiger partial charge >= 0.3 is 0 Å². The molecule has 3 aromatic heterocycles. The van der Waals surface area contributed by atoms with Crippen LogP contribution in [-0.2, 0) is 11.3 Å². The van der Waals surface area contributed by atoms with Crippen LogP contribution in [0.4, 0.5) is 0 Å². The van der Waals surface area contributed by atoms with Gasteiger partial charge in [0.25, 0.3) is 0 Å². The van der Waals surface area contributed by atoms with Gasteiger partial charge in [-0.15, -0.1) is 0 Å². The fourth-order valence-electron chi connectivity index (χ4n) is 2.02. The third-order valence-corrected chi connectivity index (χ3v) is 3.48. The number of halogens is 1. The average molecular weight is 316 g/mol. The van der Waals surface area contributed by atoms with Crippen molar-refractivity contribution in [3.05, 3.63) is 41.9 Å². The van der Waals surface area contributed by atoms with Crippen molar-refractivity contribution in [3.63, 3.8) is 0 Å². The second-order valence-corrected chi connectivity index (χ2v) is 5.50.